The SMILES string of the molecule is CCCOc1ccc(C2/C(=C(\O)c3cccc(OC)c3)C(=O)C(=O)N2c2cc(C)on2)cc1. The van der Waals surface area contributed by atoms with Crippen LogP contribution in [0.2, 0.25) is 0 Å². The van der Waals surface area contributed by atoms with Crippen molar-refractivity contribution < 1.29 is 28.7 Å². The first kappa shape index (κ1) is 22.1. The van der Waals surface area contributed by atoms with Crippen LogP contribution in [0.15, 0.2) is 64.7 Å². The molecule has 1 fully saturated rings. The zero-order valence-electron chi connectivity index (χ0n) is 18.6. The third-order valence-corrected chi connectivity index (χ3v) is 5.32. The van der Waals surface area contributed by atoms with Gasteiger partial charge < -0.3 is 19.1 Å². The van der Waals surface area contributed by atoms with Crippen molar-refractivity contribution >= 4 is 23.3 Å². The number of nitrogens with zero attached hydrogens (tertiary/aromatic N) is 2. The molecule has 33 heavy (non-hydrogen) atoms. The number of aliphatic hydroxyl groups is 1. The van der Waals surface area contributed by atoms with E-state index in [0.29, 0.717) is 35.0 Å². The number of carbonyl (C=O) groups is 2. The number of hydrogen-bond acceptors (Lipinski definition) is 7. The van der Waals surface area contributed by atoms with Crippen LogP contribution in [-0.2, 0) is 9.59 Å². The number of rotatable bonds is 7. The Labute approximate surface area is 191 Å². The highest BCUT2D eigenvalue weighted by Gasteiger charge is 2.48. The number of ketones is 1. The van der Waals surface area contributed by atoms with Crippen molar-refractivity contribution in [1.82, 2.24) is 5.16 Å². The third-order valence-electron chi connectivity index (χ3n) is 5.32. The van der Waals surface area contributed by atoms with Gasteiger partial charge in [-0.3, -0.25) is 14.5 Å². The predicted octanol–water partition coefficient (Wildman–Crippen LogP) is 4.41. The second-order valence-corrected chi connectivity index (χ2v) is 7.61. The van der Waals surface area contributed by atoms with Crippen LogP contribution in [0.3, 0.4) is 0 Å². The molecule has 2 heterocycles. The van der Waals surface area contributed by atoms with Gasteiger partial charge in [-0.1, -0.05) is 36.3 Å². The van der Waals surface area contributed by atoms with Gasteiger partial charge in [0, 0.05) is 11.6 Å². The van der Waals surface area contributed by atoms with Crippen LogP contribution in [0.4, 0.5) is 5.82 Å². The number of hydrogen-bond donors (Lipinski definition) is 1. The number of Topliss-reactive ketones (excluding diaryl/α,β-unsaturated/α-hetero) is 1. The molecule has 0 radical (unpaired) electrons. The summed E-state index contributed by atoms with van der Waals surface area (Å²) in [5, 5.41) is 15.1. The van der Waals surface area contributed by atoms with Crippen LogP contribution in [0.1, 0.15) is 36.3 Å². The van der Waals surface area contributed by atoms with E-state index in [1.54, 1.807) is 61.5 Å². The Hall–Kier alpha value is -4.07. The van der Waals surface area contributed by atoms with Crippen molar-refractivity contribution in [3.63, 3.8) is 0 Å². The first-order chi connectivity index (χ1) is 15.9. The Bertz CT molecular complexity index is 1210. The first-order valence-electron chi connectivity index (χ1n) is 10.6. The van der Waals surface area contributed by atoms with Gasteiger partial charge in [0.1, 0.15) is 23.0 Å². The average molecular weight is 448 g/mol. The standard InChI is InChI=1S/C25H24N2O6/c1-4-12-32-18-10-8-16(9-11-18)22-21(23(28)17-6-5-7-19(14-17)31-3)24(29)25(30)27(22)20-13-15(2)33-26-20/h5-11,13-14,22,28H,4,12H2,1-3H3/b23-21+. The molecule has 2 aromatic carbocycles. The second-order valence-electron chi connectivity index (χ2n) is 7.61. The molecule has 1 unspecified atom stereocenters. The molecule has 8 nitrogen and oxygen atoms in total. The van der Waals surface area contributed by atoms with Crippen molar-refractivity contribution in [2.45, 2.75) is 26.3 Å². The summed E-state index contributed by atoms with van der Waals surface area (Å²) >= 11 is 0. The van der Waals surface area contributed by atoms with E-state index in [9.17, 15) is 14.7 Å². The van der Waals surface area contributed by atoms with Gasteiger partial charge in [-0.15, -0.1) is 0 Å². The second kappa shape index (κ2) is 9.20. The summed E-state index contributed by atoms with van der Waals surface area (Å²) in [5.74, 6) is -0.0583. The molecule has 1 atom stereocenters. The lowest BCUT2D eigenvalue weighted by Crippen LogP contribution is -2.29. The van der Waals surface area contributed by atoms with Gasteiger partial charge in [0.05, 0.1) is 25.3 Å². The van der Waals surface area contributed by atoms with E-state index in [0.717, 1.165) is 6.42 Å². The smallest absolute Gasteiger partial charge is 0.301 e. The van der Waals surface area contributed by atoms with Crippen LogP contribution >= 0.6 is 0 Å². The molecule has 1 saturated heterocycles. The quantitative estimate of drug-likeness (QED) is 0.325. The van der Waals surface area contributed by atoms with E-state index >= 15 is 0 Å². The maximum atomic E-state index is 13.1. The monoisotopic (exact) mass is 448 g/mol. The highest BCUT2D eigenvalue weighted by atomic mass is 16.5. The molecule has 1 N–H and O–H groups in total. The zero-order chi connectivity index (χ0) is 23.5. The first-order valence-corrected chi connectivity index (χ1v) is 10.6. The number of aryl methyl sites for hydroxylation is 1. The number of ether oxygens (including phenoxy) is 2. The minimum absolute atomic E-state index is 0.0452. The Morgan fingerprint density at radius 1 is 1.12 bits per heavy atom. The van der Waals surface area contributed by atoms with Crippen LogP contribution in [0.5, 0.6) is 11.5 Å². The topological polar surface area (TPSA) is 102 Å². The fourth-order valence-electron chi connectivity index (χ4n) is 3.74. The molecule has 1 amide bonds. The summed E-state index contributed by atoms with van der Waals surface area (Å²) in [6, 6.07) is 14.4. The molecule has 170 valence electrons. The minimum Gasteiger partial charge on any atom is -0.507 e. The van der Waals surface area contributed by atoms with E-state index < -0.39 is 17.7 Å². The van der Waals surface area contributed by atoms with Crippen LogP contribution in [0.25, 0.3) is 5.76 Å². The van der Waals surface area contributed by atoms with Gasteiger partial charge in [0.15, 0.2) is 5.82 Å². The molecule has 3 aromatic rings. The average Bonchev–Trinajstić information content (AvgIpc) is 3.38. The Kier molecular flexibility index (Phi) is 6.17. The highest BCUT2D eigenvalue weighted by Crippen LogP contribution is 2.42. The number of aliphatic hydroxyl groups excluding tert-OH is 1. The summed E-state index contributed by atoms with van der Waals surface area (Å²) < 4.78 is 16.0. The normalized spacial score (nSPS) is 17.4. The fourth-order valence-corrected chi connectivity index (χ4v) is 3.74. The van der Waals surface area contributed by atoms with Gasteiger partial charge in [-0.25, -0.2) is 0 Å². The maximum absolute atomic E-state index is 13.1. The largest absolute Gasteiger partial charge is 0.507 e. The summed E-state index contributed by atoms with van der Waals surface area (Å²) in [5.41, 5.74) is 0.927. The Morgan fingerprint density at radius 2 is 1.88 bits per heavy atom. The predicted molar refractivity (Wildman–Crippen MR) is 121 cm³/mol. The molecule has 0 aliphatic carbocycles. The molecule has 1 aliphatic rings. The number of anilines is 1. The van der Waals surface area contributed by atoms with Crippen molar-refractivity contribution in [2.24, 2.45) is 0 Å². The third kappa shape index (κ3) is 4.19. The Morgan fingerprint density at radius 3 is 2.52 bits per heavy atom. The summed E-state index contributed by atoms with van der Waals surface area (Å²) in [6.07, 6.45) is 0.869. The van der Waals surface area contributed by atoms with Crippen LogP contribution < -0.4 is 14.4 Å². The van der Waals surface area contributed by atoms with Gasteiger partial charge in [0.2, 0.25) is 0 Å². The summed E-state index contributed by atoms with van der Waals surface area (Å²) in [7, 11) is 1.51. The minimum atomic E-state index is -0.902. The maximum Gasteiger partial charge on any atom is 0.301 e. The van der Waals surface area contributed by atoms with E-state index in [2.05, 4.69) is 5.16 Å². The molecule has 0 saturated carbocycles. The van der Waals surface area contributed by atoms with Crippen molar-refractivity contribution in [2.75, 3.05) is 18.6 Å². The lowest BCUT2D eigenvalue weighted by atomic mass is 9.95. The van der Waals surface area contributed by atoms with E-state index in [4.69, 9.17) is 14.0 Å². The fraction of sp³-hybridized carbons (Fsp3) is 0.240. The molecule has 0 spiro atoms. The molecule has 4 rings (SSSR count). The van der Waals surface area contributed by atoms with E-state index in [-0.39, 0.29) is 17.2 Å². The molecule has 8 heteroatoms. The van der Waals surface area contributed by atoms with Gasteiger partial charge in [-0.2, -0.15) is 0 Å². The zero-order valence-corrected chi connectivity index (χ0v) is 18.6. The number of amides is 1. The Balaban J connectivity index is 1.86. The number of methoxy groups -OCH3 is 1. The van der Waals surface area contributed by atoms with Crippen molar-refractivity contribution in [3.05, 3.63) is 77.1 Å². The van der Waals surface area contributed by atoms with Gasteiger partial charge in [0.25, 0.3) is 5.78 Å². The summed E-state index contributed by atoms with van der Waals surface area (Å²) in [6.45, 7) is 4.28. The van der Waals surface area contributed by atoms with Gasteiger partial charge in [-0.05, 0) is 43.2 Å². The summed E-state index contributed by atoms with van der Waals surface area (Å²) in [4.78, 5) is 27.5. The van der Waals surface area contributed by atoms with Crippen LogP contribution in [-0.4, -0.2) is 35.7 Å². The van der Waals surface area contributed by atoms with Gasteiger partial charge >= 0.3 is 5.91 Å². The number of carbonyl (C=O) groups excluding carboxylic acids is 2. The molecular weight excluding hydrogens is 424 g/mol. The lowest BCUT2D eigenvalue weighted by Gasteiger charge is -2.23. The lowest BCUT2D eigenvalue weighted by molar-refractivity contribution is -0.132. The van der Waals surface area contributed by atoms with E-state index in [1.807, 2.05) is 6.92 Å². The van der Waals surface area contributed by atoms with Crippen molar-refractivity contribution in [3.8, 4) is 11.5 Å². The van der Waals surface area contributed by atoms with Crippen molar-refractivity contribution in [1.29, 1.82) is 0 Å². The molecule has 0 bridgehead atoms. The van der Waals surface area contributed by atoms with E-state index in [1.165, 1.54) is 12.0 Å². The molecule has 1 aliphatic heterocycles. The highest BCUT2D eigenvalue weighted by molar-refractivity contribution is 6.51. The number of aromatic nitrogens is 1. The van der Waals surface area contributed by atoms with Crippen LogP contribution in [0, 0.1) is 6.92 Å². The molecule has 1 aromatic heterocycles. The number of benzene rings is 2. The molecular formula is C25H24N2O6.